The molecule has 100 valence electrons. The average molecular weight is 327 g/mol. The summed E-state index contributed by atoms with van der Waals surface area (Å²) < 4.78 is 27.2. The van der Waals surface area contributed by atoms with Crippen molar-refractivity contribution in [2.75, 3.05) is 0 Å². The summed E-state index contributed by atoms with van der Waals surface area (Å²) in [4.78, 5) is 0. The van der Waals surface area contributed by atoms with Crippen LogP contribution < -0.4 is 0 Å². The number of hydrogen-bond acceptors (Lipinski definition) is 1. The second-order valence-corrected chi connectivity index (χ2v) is 5.29. The molecule has 2 rings (SSSR count). The van der Waals surface area contributed by atoms with Crippen molar-refractivity contribution in [1.29, 1.82) is 0 Å². The number of benzene rings is 2. The van der Waals surface area contributed by atoms with E-state index in [0.29, 0.717) is 4.47 Å². The van der Waals surface area contributed by atoms with Gasteiger partial charge in [-0.25, -0.2) is 8.78 Å². The quantitative estimate of drug-likeness (QED) is 0.891. The van der Waals surface area contributed by atoms with Crippen LogP contribution in [0, 0.1) is 18.6 Å². The molecular weight excluding hydrogens is 314 g/mol. The smallest absolute Gasteiger partial charge is 0.143 e. The lowest BCUT2D eigenvalue weighted by atomic mass is 9.98. The Balaban J connectivity index is 2.25. The number of halogens is 3. The van der Waals surface area contributed by atoms with Crippen molar-refractivity contribution in [1.82, 2.24) is 0 Å². The van der Waals surface area contributed by atoms with E-state index < -0.39 is 11.9 Å². The Hall–Kier alpha value is -1.26. The van der Waals surface area contributed by atoms with Gasteiger partial charge in [0.25, 0.3) is 0 Å². The standard InChI is InChI=1S/C15H13BrF2O/c1-9-7-11(17)6-5-10(9)8-14(19)12-3-2-4-13(16)15(12)18/h2-7,14,19H,8H2,1H3. The fourth-order valence-corrected chi connectivity index (χ4v) is 2.37. The lowest BCUT2D eigenvalue weighted by molar-refractivity contribution is 0.173. The third-order valence-electron chi connectivity index (χ3n) is 3.06. The van der Waals surface area contributed by atoms with Crippen LogP contribution in [0.2, 0.25) is 0 Å². The summed E-state index contributed by atoms with van der Waals surface area (Å²) in [7, 11) is 0. The number of hydrogen-bond donors (Lipinski definition) is 1. The van der Waals surface area contributed by atoms with Gasteiger partial charge in [0.2, 0.25) is 0 Å². The van der Waals surface area contributed by atoms with Gasteiger partial charge in [-0.3, -0.25) is 0 Å². The monoisotopic (exact) mass is 326 g/mol. The number of aliphatic hydroxyl groups excluding tert-OH is 1. The fourth-order valence-electron chi connectivity index (χ4n) is 1.98. The third-order valence-corrected chi connectivity index (χ3v) is 3.67. The molecule has 0 radical (unpaired) electrons. The highest BCUT2D eigenvalue weighted by atomic mass is 79.9. The van der Waals surface area contributed by atoms with E-state index in [4.69, 9.17) is 0 Å². The zero-order valence-electron chi connectivity index (χ0n) is 10.3. The fraction of sp³-hybridized carbons (Fsp3) is 0.200. The summed E-state index contributed by atoms with van der Waals surface area (Å²) in [5.41, 5.74) is 1.78. The topological polar surface area (TPSA) is 20.2 Å². The molecule has 0 saturated heterocycles. The van der Waals surface area contributed by atoms with Crippen molar-refractivity contribution >= 4 is 15.9 Å². The maximum Gasteiger partial charge on any atom is 0.143 e. The SMILES string of the molecule is Cc1cc(F)ccc1CC(O)c1cccc(Br)c1F. The molecule has 0 bridgehead atoms. The highest BCUT2D eigenvalue weighted by Crippen LogP contribution is 2.27. The van der Waals surface area contributed by atoms with Crippen molar-refractivity contribution in [2.45, 2.75) is 19.4 Å². The molecule has 1 N–H and O–H groups in total. The van der Waals surface area contributed by atoms with Gasteiger partial charge in [0.1, 0.15) is 11.6 Å². The minimum absolute atomic E-state index is 0.234. The Morgan fingerprint density at radius 1 is 1.21 bits per heavy atom. The molecule has 0 spiro atoms. The van der Waals surface area contributed by atoms with Gasteiger partial charge < -0.3 is 5.11 Å². The zero-order chi connectivity index (χ0) is 14.0. The molecule has 1 atom stereocenters. The highest BCUT2D eigenvalue weighted by Gasteiger charge is 2.16. The van der Waals surface area contributed by atoms with E-state index in [1.54, 1.807) is 31.2 Å². The first-order valence-electron chi connectivity index (χ1n) is 5.86. The minimum atomic E-state index is -0.957. The van der Waals surface area contributed by atoms with Crippen molar-refractivity contribution < 1.29 is 13.9 Å². The summed E-state index contributed by atoms with van der Waals surface area (Å²) >= 11 is 3.09. The number of rotatable bonds is 3. The number of aryl methyl sites for hydroxylation is 1. The summed E-state index contributed by atoms with van der Waals surface area (Å²) in [5, 5.41) is 10.1. The van der Waals surface area contributed by atoms with Crippen LogP contribution in [0.15, 0.2) is 40.9 Å². The van der Waals surface area contributed by atoms with Gasteiger partial charge in [-0.1, -0.05) is 18.2 Å². The predicted octanol–water partition coefficient (Wildman–Crippen LogP) is 4.31. The first-order valence-corrected chi connectivity index (χ1v) is 6.65. The third kappa shape index (κ3) is 3.19. The molecule has 1 unspecified atom stereocenters. The van der Waals surface area contributed by atoms with E-state index in [9.17, 15) is 13.9 Å². The minimum Gasteiger partial charge on any atom is -0.388 e. The molecule has 0 fully saturated rings. The van der Waals surface area contributed by atoms with Crippen molar-refractivity contribution in [3.05, 3.63) is 69.2 Å². The molecule has 0 saturated carbocycles. The van der Waals surface area contributed by atoms with Crippen LogP contribution in [-0.4, -0.2) is 5.11 Å². The van der Waals surface area contributed by atoms with Gasteiger partial charge in [-0.2, -0.15) is 0 Å². The van der Waals surface area contributed by atoms with Gasteiger partial charge >= 0.3 is 0 Å². The van der Waals surface area contributed by atoms with Gasteiger partial charge in [0, 0.05) is 12.0 Å². The molecule has 2 aromatic carbocycles. The molecule has 2 aromatic rings. The predicted molar refractivity (Wildman–Crippen MR) is 73.9 cm³/mol. The number of aliphatic hydroxyl groups is 1. The summed E-state index contributed by atoms with van der Waals surface area (Å²) in [6.07, 6.45) is -0.707. The van der Waals surface area contributed by atoms with Gasteiger partial charge in [0.15, 0.2) is 0 Å². The highest BCUT2D eigenvalue weighted by molar-refractivity contribution is 9.10. The lowest BCUT2D eigenvalue weighted by Crippen LogP contribution is -2.06. The maximum absolute atomic E-state index is 13.9. The lowest BCUT2D eigenvalue weighted by Gasteiger charge is -2.14. The summed E-state index contributed by atoms with van der Waals surface area (Å²) in [5.74, 6) is -0.779. The van der Waals surface area contributed by atoms with E-state index in [1.807, 2.05) is 0 Å². The van der Waals surface area contributed by atoms with Crippen LogP contribution in [0.25, 0.3) is 0 Å². The Kier molecular flexibility index (Phi) is 4.32. The van der Waals surface area contributed by atoms with Gasteiger partial charge in [-0.15, -0.1) is 0 Å². The molecule has 0 heterocycles. The normalized spacial score (nSPS) is 12.5. The van der Waals surface area contributed by atoms with Crippen molar-refractivity contribution in [3.63, 3.8) is 0 Å². The Morgan fingerprint density at radius 2 is 1.95 bits per heavy atom. The van der Waals surface area contributed by atoms with E-state index >= 15 is 0 Å². The van der Waals surface area contributed by atoms with Crippen LogP contribution in [0.4, 0.5) is 8.78 Å². The van der Waals surface area contributed by atoms with E-state index in [2.05, 4.69) is 15.9 Å². The van der Waals surface area contributed by atoms with Crippen molar-refractivity contribution in [3.8, 4) is 0 Å². The molecule has 4 heteroatoms. The van der Waals surface area contributed by atoms with E-state index in [1.165, 1.54) is 12.1 Å². The van der Waals surface area contributed by atoms with Gasteiger partial charge in [-0.05, 0) is 52.2 Å². The molecule has 0 amide bonds. The first-order chi connectivity index (χ1) is 8.99. The van der Waals surface area contributed by atoms with E-state index in [0.717, 1.165) is 11.1 Å². The Morgan fingerprint density at radius 3 is 2.63 bits per heavy atom. The Labute approximate surface area is 119 Å². The zero-order valence-corrected chi connectivity index (χ0v) is 11.9. The second-order valence-electron chi connectivity index (χ2n) is 4.43. The van der Waals surface area contributed by atoms with Gasteiger partial charge in [0.05, 0.1) is 10.6 Å². The molecule has 1 nitrogen and oxygen atoms in total. The molecule has 0 aliphatic carbocycles. The molecule has 0 aliphatic rings. The average Bonchev–Trinajstić information content (AvgIpc) is 2.36. The summed E-state index contributed by atoms with van der Waals surface area (Å²) in [6, 6.07) is 9.15. The summed E-state index contributed by atoms with van der Waals surface area (Å²) in [6.45, 7) is 1.77. The largest absolute Gasteiger partial charge is 0.388 e. The molecule has 0 aliphatic heterocycles. The molecule has 19 heavy (non-hydrogen) atoms. The maximum atomic E-state index is 13.9. The van der Waals surface area contributed by atoms with Crippen LogP contribution in [0.1, 0.15) is 22.8 Å². The first kappa shape index (κ1) is 14.2. The molecule has 0 aromatic heterocycles. The van der Waals surface area contributed by atoms with Crippen LogP contribution in [0.5, 0.6) is 0 Å². The van der Waals surface area contributed by atoms with Crippen LogP contribution in [0.3, 0.4) is 0 Å². The van der Waals surface area contributed by atoms with Crippen molar-refractivity contribution in [2.24, 2.45) is 0 Å². The Bertz CT molecular complexity index is 599. The molecular formula is C15H13BrF2O. The second kappa shape index (κ2) is 5.80. The van der Waals surface area contributed by atoms with Crippen LogP contribution >= 0.6 is 15.9 Å². The van der Waals surface area contributed by atoms with E-state index in [-0.39, 0.29) is 17.8 Å². The van der Waals surface area contributed by atoms with Crippen LogP contribution in [-0.2, 0) is 6.42 Å².